The van der Waals surface area contributed by atoms with E-state index in [4.69, 9.17) is 0 Å². The molecule has 0 bridgehead atoms. The highest BCUT2D eigenvalue weighted by atomic mass is 79.9. The number of benzene rings is 8. The molecule has 0 atom stereocenters. The Morgan fingerprint density at radius 3 is 0.671 bits per heavy atom. The van der Waals surface area contributed by atoms with E-state index in [1.165, 1.54) is 108 Å². The van der Waals surface area contributed by atoms with E-state index in [1.54, 1.807) is 0 Å². The van der Waals surface area contributed by atoms with Gasteiger partial charge in [0.1, 0.15) is 0 Å². The molecular weight excluding hydrogens is 1170 g/mol. The van der Waals surface area contributed by atoms with E-state index in [1.807, 2.05) is 0 Å². The summed E-state index contributed by atoms with van der Waals surface area (Å²) in [6.45, 7) is 13.1. The van der Waals surface area contributed by atoms with E-state index < -0.39 is 8.07 Å². The first-order chi connectivity index (χ1) is 35.7. The number of hydrogen-bond donors (Lipinski definition) is 0. The first-order valence-electron chi connectivity index (χ1n) is 26.5. The largest absolute Gasteiger partial charge is 0.340 e. The summed E-state index contributed by atoms with van der Waals surface area (Å²) < 4.78 is 14.7. The number of halogens is 4. The van der Waals surface area contributed by atoms with Crippen molar-refractivity contribution in [2.24, 2.45) is 0 Å². The number of nitrogens with zero attached hydrogens (tertiary/aromatic N) is 4. The van der Waals surface area contributed by atoms with Crippen LogP contribution >= 0.6 is 63.7 Å². The second-order valence-corrected chi connectivity index (χ2v) is 27.8. The van der Waals surface area contributed by atoms with Crippen LogP contribution < -0.4 is 20.7 Å². The Hall–Kier alpha value is -4.90. The van der Waals surface area contributed by atoms with Crippen LogP contribution in [0.3, 0.4) is 0 Å². The molecule has 0 saturated carbocycles. The van der Waals surface area contributed by atoms with E-state index in [2.05, 4.69) is 255 Å². The monoisotopic (exact) mass is 1230 g/mol. The topological polar surface area (TPSA) is 19.7 Å². The zero-order valence-corrected chi connectivity index (χ0v) is 49.5. The predicted molar refractivity (Wildman–Crippen MR) is 332 cm³/mol. The van der Waals surface area contributed by atoms with Gasteiger partial charge in [0, 0.05) is 131 Å². The number of aromatic nitrogens is 4. The maximum Gasteiger partial charge on any atom is 0.179 e. The van der Waals surface area contributed by atoms with Crippen LogP contribution in [0, 0.1) is 0 Å². The van der Waals surface area contributed by atoms with Crippen molar-refractivity contribution >= 4 is 180 Å². The van der Waals surface area contributed by atoms with E-state index in [0.29, 0.717) is 0 Å². The lowest BCUT2D eigenvalue weighted by Crippen LogP contribution is -2.74. The van der Waals surface area contributed by atoms with E-state index in [-0.39, 0.29) is 0 Å². The van der Waals surface area contributed by atoms with Gasteiger partial charge >= 0.3 is 0 Å². The van der Waals surface area contributed by atoms with Gasteiger partial charge in [0.15, 0.2) is 8.07 Å². The van der Waals surface area contributed by atoms with Gasteiger partial charge in [-0.05, 0) is 143 Å². The van der Waals surface area contributed by atoms with Gasteiger partial charge in [0.25, 0.3) is 0 Å². The Balaban J connectivity index is 1.27. The maximum absolute atomic E-state index is 3.93. The fourth-order valence-electron chi connectivity index (χ4n) is 12.5. The van der Waals surface area contributed by atoms with Crippen molar-refractivity contribution in [3.8, 4) is 0 Å². The molecule has 8 aromatic carbocycles. The quantitative estimate of drug-likeness (QED) is 0.0679. The van der Waals surface area contributed by atoms with Gasteiger partial charge in [-0.15, -0.1) is 0 Å². The van der Waals surface area contributed by atoms with E-state index >= 15 is 0 Å². The zero-order valence-electron chi connectivity index (χ0n) is 42.1. The third-order valence-corrected chi connectivity index (χ3v) is 22.7. The Morgan fingerprint density at radius 1 is 0.274 bits per heavy atom. The van der Waals surface area contributed by atoms with Gasteiger partial charge in [-0.1, -0.05) is 166 Å². The smallest absolute Gasteiger partial charge is 0.179 e. The second-order valence-electron chi connectivity index (χ2n) is 20.3. The lowest BCUT2D eigenvalue weighted by molar-refractivity contribution is 0.665. The van der Waals surface area contributed by atoms with Crippen LogP contribution in [-0.4, -0.2) is 26.3 Å². The standard InChI is InChI=1S/C64H60Br4N4Si/c1-5-9-29-69-57-21-13-41(65)33-49(57)53-37-45(17-25-61(53)69)73(46-18-26-62-54(38-46)50-34-42(66)14-22-58(50)70(62)30-10-6-2,47-19-27-63-55(39-47)51-35-43(67)15-23-59(51)71(63)31-11-7-3)48-20-28-64-56(40-48)52-36-44(68)16-24-60(52)72(64)32-12-8-4/h13-28,33-40H,5-12,29-32H2,1-4H3. The summed E-state index contributed by atoms with van der Waals surface area (Å²) in [4.78, 5) is 0. The molecule has 0 spiro atoms. The number of hydrogen-bond acceptors (Lipinski definition) is 0. The summed E-state index contributed by atoms with van der Waals surface area (Å²) in [5, 5.41) is 16.0. The summed E-state index contributed by atoms with van der Waals surface area (Å²) in [5.41, 5.74) is 10.4. The molecule has 0 saturated heterocycles. The van der Waals surface area contributed by atoms with Crippen LogP contribution in [0.25, 0.3) is 87.2 Å². The first-order valence-corrected chi connectivity index (χ1v) is 31.7. The van der Waals surface area contributed by atoms with Gasteiger partial charge < -0.3 is 18.3 Å². The number of unbranched alkanes of at least 4 members (excludes halogenated alkanes) is 4. The number of rotatable bonds is 16. The minimum absolute atomic E-state index is 0.983. The molecule has 0 unspecified atom stereocenters. The molecule has 0 fully saturated rings. The van der Waals surface area contributed by atoms with Crippen molar-refractivity contribution < 1.29 is 0 Å². The summed E-state index contributed by atoms with van der Waals surface area (Å²) in [7, 11) is -3.32. The van der Waals surface area contributed by atoms with Crippen LogP contribution in [-0.2, 0) is 26.2 Å². The Morgan fingerprint density at radius 2 is 0.466 bits per heavy atom. The minimum Gasteiger partial charge on any atom is -0.340 e. The molecule has 0 aliphatic heterocycles. The molecule has 4 aromatic heterocycles. The van der Waals surface area contributed by atoms with Crippen LogP contribution in [0.1, 0.15) is 79.1 Å². The summed E-state index contributed by atoms with van der Waals surface area (Å²) in [6.07, 6.45) is 9.07. The fourth-order valence-corrected chi connectivity index (χ4v) is 18.7. The Kier molecular flexibility index (Phi) is 13.4. The molecule has 4 heterocycles. The van der Waals surface area contributed by atoms with Gasteiger partial charge in [-0.3, -0.25) is 0 Å². The van der Waals surface area contributed by atoms with Crippen LogP contribution in [0.4, 0.5) is 0 Å². The molecule has 0 aliphatic carbocycles. The van der Waals surface area contributed by atoms with E-state index in [9.17, 15) is 0 Å². The van der Waals surface area contributed by atoms with Gasteiger partial charge in [-0.25, -0.2) is 0 Å². The van der Waals surface area contributed by atoms with E-state index in [0.717, 1.165) is 95.4 Å². The highest BCUT2D eigenvalue weighted by Crippen LogP contribution is 2.37. The van der Waals surface area contributed by atoms with Crippen LogP contribution in [0.15, 0.2) is 163 Å². The molecule has 0 aliphatic rings. The molecular formula is C64H60Br4N4Si. The first kappa shape index (κ1) is 49.0. The third kappa shape index (κ3) is 8.12. The number of aryl methyl sites for hydroxylation is 4. The summed E-state index contributed by atoms with van der Waals surface area (Å²) in [6, 6.07) is 58.1. The Bertz CT molecular complexity index is 3580. The van der Waals surface area contributed by atoms with Crippen molar-refractivity contribution in [2.45, 2.75) is 105 Å². The molecule has 0 amide bonds. The van der Waals surface area contributed by atoms with Gasteiger partial charge in [0.2, 0.25) is 0 Å². The molecule has 0 N–H and O–H groups in total. The highest BCUT2D eigenvalue weighted by molar-refractivity contribution is 9.11. The highest BCUT2D eigenvalue weighted by Gasteiger charge is 2.43. The maximum atomic E-state index is 3.93. The molecule has 4 nitrogen and oxygen atoms in total. The normalized spacial score (nSPS) is 12.5. The molecule has 368 valence electrons. The fraction of sp³-hybridized carbons (Fsp3) is 0.250. The molecule has 12 rings (SSSR count). The molecule has 9 heteroatoms. The average Bonchev–Trinajstić information content (AvgIpc) is 4.09. The molecule has 73 heavy (non-hydrogen) atoms. The van der Waals surface area contributed by atoms with Crippen molar-refractivity contribution in [2.75, 3.05) is 0 Å². The summed E-state index contributed by atoms with van der Waals surface area (Å²) >= 11 is 15.7. The zero-order chi connectivity index (χ0) is 50.1. The Labute approximate surface area is 462 Å². The van der Waals surface area contributed by atoms with Crippen LogP contribution in [0.2, 0.25) is 0 Å². The van der Waals surface area contributed by atoms with Gasteiger partial charge in [0.05, 0.1) is 0 Å². The number of fused-ring (bicyclic) bond motifs is 12. The van der Waals surface area contributed by atoms with Crippen LogP contribution in [0.5, 0.6) is 0 Å². The van der Waals surface area contributed by atoms with Gasteiger partial charge in [-0.2, -0.15) is 0 Å². The lowest BCUT2D eigenvalue weighted by atomic mass is 10.1. The van der Waals surface area contributed by atoms with Crippen molar-refractivity contribution in [1.82, 2.24) is 18.3 Å². The average molecular weight is 1230 g/mol. The summed E-state index contributed by atoms with van der Waals surface area (Å²) in [5.74, 6) is 0. The third-order valence-electron chi connectivity index (χ3n) is 16.0. The predicted octanol–water partition coefficient (Wildman–Crippen LogP) is 17.7. The molecule has 12 aromatic rings. The van der Waals surface area contributed by atoms with Crippen molar-refractivity contribution in [3.63, 3.8) is 0 Å². The second kappa shape index (κ2) is 20.0. The minimum atomic E-state index is -3.32. The van der Waals surface area contributed by atoms with Crippen molar-refractivity contribution in [1.29, 1.82) is 0 Å². The molecule has 0 radical (unpaired) electrons. The lowest BCUT2D eigenvalue weighted by Gasteiger charge is -2.35. The SMILES string of the molecule is CCCCn1c2ccc(Br)cc2c2cc([Si](c3ccc4c(c3)c3cc(Br)ccc3n4CCCC)(c3ccc4c(c3)c3cc(Br)ccc3n4CCCC)c3ccc4c(c3)c3cc(Br)ccc3n4CCCC)ccc21. The van der Waals surface area contributed by atoms with Crippen molar-refractivity contribution in [3.05, 3.63) is 163 Å².